The summed E-state index contributed by atoms with van der Waals surface area (Å²) >= 11 is 0. The van der Waals surface area contributed by atoms with Crippen LogP contribution in [0.5, 0.6) is 28.7 Å². The molecule has 676 valence electrons. The molecule has 5 heterocycles. The van der Waals surface area contributed by atoms with Crippen LogP contribution in [-0.4, -0.2) is 151 Å². The number of carbonyl (C=O) groups excluding carboxylic acids is 5. The van der Waals surface area contributed by atoms with Crippen LogP contribution in [0.4, 0.5) is 28.4 Å². The molecule has 17 nitrogen and oxygen atoms in total. The van der Waals surface area contributed by atoms with Crippen LogP contribution in [0.1, 0.15) is 159 Å². The third-order valence-electron chi connectivity index (χ3n) is 24.4. The molecule has 5 unspecified atom stereocenters. The van der Waals surface area contributed by atoms with Crippen molar-refractivity contribution in [2.24, 2.45) is 11.8 Å². The maximum atomic E-state index is 11.4. The van der Waals surface area contributed by atoms with E-state index in [1.807, 2.05) is 152 Å². The van der Waals surface area contributed by atoms with Crippen LogP contribution < -0.4 is 48.2 Å². The highest BCUT2D eigenvalue weighted by molar-refractivity contribution is 5.81. The highest BCUT2D eigenvalue weighted by Crippen LogP contribution is 2.43. The Morgan fingerprint density at radius 2 is 0.570 bits per heavy atom. The molecule has 0 N–H and O–H groups in total. The summed E-state index contributed by atoms with van der Waals surface area (Å²) in [6.45, 7) is 19.6. The van der Waals surface area contributed by atoms with Crippen molar-refractivity contribution in [2.75, 3.05) is 116 Å². The Kier molecular flexibility index (Phi) is 38.9. The monoisotopic (exact) mass is 1730 g/mol. The van der Waals surface area contributed by atoms with Gasteiger partial charge in [-0.3, -0.25) is 14.4 Å². The predicted octanol–water partition coefficient (Wildman–Crippen LogP) is 21.6. The fourth-order valence-electron chi connectivity index (χ4n) is 17.0. The first-order valence-corrected chi connectivity index (χ1v) is 46.9. The molecule has 10 aromatic carbocycles. The Bertz CT molecular complexity index is 4740. The van der Waals surface area contributed by atoms with Gasteiger partial charge in [0.25, 0.3) is 0 Å². The van der Waals surface area contributed by atoms with Gasteiger partial charge in [-0.1, -0.05) is 152 Å². The number of hydrogen-bond acceptors (Lipinski definition) is 17. The van der Waals surface area contributed by atoms with Crippen LogP contribution in [0.25, 0.3) is 0 Å². The molecule has 17 heteroatoms. The average Bonchev–Trinajstić information content (AvgIpc) is 1.45. The van der Waals surface area contributed by atoms with Crippen LogP contribution in [0.3, 0.4) is 0 Å². The Morgan fingerprint density at radius 1 is 0.281 bits per heavy atom. The zero-order valence-electron chi connectivity index (χ0n) is 76.2. The summed E-state index contributed by atoms with van der Waals surface area (Å²) in [6.07, 6.45) is 21.6. The van der Waals surface area contributed by atoms with E-state index in [9.17, 15) is 24.0 Å². The standard InChI is InChI=1S/C25H31NO2.C23H29NO2.C22H27NO2.C21H25NO3.C20H23NO3/c1-19(27)25-18-21(25)12-9-20-10-13-22(14-11-20)26-16-5-8-24(15-17-26)28-23-6-3-2-4-7-23;1-19(25)7-5-6-8-20-11-13-21(14-12-20)24-17-15-23(16-18-24)26-22-9-3-2-4-10-22;1-18(24)7-5-6-8-19-11-13-20(14-12-19)23-16-15-22(17-23)25-21-9-3-2-4-10-21;1-17(23)16-24-14-12-18-7-9-19(10-8-18)22-13-11-21(15-22)25-20-5-3-2-4-6-20;1-16(22)15-23-12-11-17-7-9-18(10-8-17)21-13-20(14-21)24-19-5-3-2-4-6-19/h2-4,6-7,10-11,13-14,21,24-25H,5,8-9,12,15-18H2,1H3;2-4,9-14,23H,5-8,15-18H2,1H3;2-4,9-14,22H,5-8,15-17H2,1H3;2-10,21H,11-16H2,1H3;2-10,20H,11-15H2,1H3. The van der Waals surface area contributed by atoms with Crippen molar-refractivity contribution >= 4 is 57.4 Å². The number of aryl methyl sites for hydroxylation is 3. The fourth-order valence-corrected chi connectivity index (χ4v) is 17.0. The number of ketones is 5. The highest BCUT2D eigenvalue weighted by Gasteiger charge is 2.40. The minimum absolute atomic E-state index is 0.0652. The van der Waals surface area contributed by atoms with Crippen LogP contribution in [0.15, 0.2) is 273 Å². The summed E-state index contributed by atoms with van der Waals surface area (Å²) in [5.41, 5.74) is 12.9. The number of rotatable bonds is 39. The second kappa shape index (κ2) is 52.1. The second-order valence-corrected chi connectivity index (χ2v) is 35.0. The molecule has 1 aliphatic carbocycles. The number of piperidine rings is 1. The van der Waals surface area contributed by atoms with Gasteiger partial charge in [-0.25, -0.2) is 0 Å². The van der Waals surface area contributed by atoms with Gasteiger partial charge in [-0.15, -0.1) is 0 Å². The molecule has 0 radical (unpaired) electrons. The van der Waals surface area contributed by atoms with E-state index in [4.69, 9.17) is 33.2 Å². The third kappa shape index (κ3) is 33.9. The van der Waals surface area contributed by atoms with Gasteiger partial charge in [0.2, 0.25) is 0 Å². The highest BCUT2D eigenvalue weighted by atomic mass is 16.5. The molecule has 6 aliphatic rings. The van der Waals surface area contributed by atoms with Gasteiger partial charge in [0, 0.05) is 119 Å². The Balaban J connectivity index is 0.000000145. The molecule has 5 saturated heterocycles. The number of hydrogen-bond donors (Lipinski definition) is 0. The van der Waals surface area contributed by atoms with E-state index in [1.165, 1.54) is 63.2 Å². The molecule has 5 atom stereocenters. The largest absolute Gasteiger partial charge is 0.490 e. The molecule has 5 aliphatic heterocycles. The molecular weight excluding hydrogens is 1600 g/mol. The third-order valence-corrected chi connectivity index (χ3v) is 24.4. The topological polar surface area (TPSA) is 166 Å². The molecule has 128 heavy (non-hydrogen) atoms. The number of Topliss-reactive ketones (excluding diaryl/α,β-unsaturated/α-hetero) is 5. The maximum Gasteiger partial charge on any atom is 0.155 e. The van der Waals surface area contributed by atoms with Gasteiger partial charge in [-0.2, -0.15) is 0 Å². The zero-order valence-corrected chi connectivity index (χ0v) is 76.2. The van der Waals surface area contributed by atoms with Crippen LogP contribution in [-0.2, 0) is 65.6 Å². The number of carbonyl (C=O) groups is 5. The van der Waals surface area contributed by atoms with Crippen molar-refractivity contribution in [3.63, 3.8) is 0 Å². The molecule has 6 fully saturated rings. The average molecular weight is 1730 g/mol. The minimum Gasteiger partial charge on any atom is -0.490 e. The van der Waals surface area contributed by atoms with Gasteiger partial charge < -0.3 is 67.2 Å². The molecule has 1 saturated carbocycles. The SMILES string of the molecule is CC(=O)C1CC1CCc1ccc(N2CCCC(Oc3ccccc3)CC2)cc1.CC(=O)CCCCc1ccc(N2CCC(Oc3ccccc3)C2)cc1.CC(=O)CCCCc1ccc(N2CCC(Oc3ccccc3)CC2)cc1.CC(=O)COCCc1ccc(N2CC(Oc3ccccc3)C2)cc1.CC(=O)COCCc1ccc(N2CCC(Oc3ccccc3)C2)cc1. The van der Waals surface area contributed by atoms with E-state index in [-0.39, 0.29) is 48.9 Å². The summed E-state index contributed by atoms with van der Waals surface area (Å²) in [5, 5.41) is 0. The van der Waals surface area contributed by atoms with Gasteiger partial charge in [0.1, 0.15) is 89.8 Å². The fraction of sp³-hybridized carbons (Fsp3) is 0.414. The van der Waals surface area contributed by atoms with Crippen molar-refractivity contribution in [1.82, 2.24) is 0 Å². The summed E-state index contributed by atoms with van der Waals surface area (Å²) in [7, 11) is 0. The lowest BCUT2D eigenvalue weighted by atomic mass is 10.0. The van der Waals surface area contributed by atoms with Crippen molar-refractivity contribution in [2.45, 2.75) is 194 Å². The van der Waals surface area contributed by atoms with Crippen molar-refractivity contribution in [3.8, 4) is 28.7 Å². The lowest BCUT2D eigenvalue weighted by Gasteiger charge is -2.40. The van der Waals surface area contributed by atoms with Crippen LogP contribution in [0, 0.1) is 11.8 Å². The molecule has 0 bridgehead atoms. The number of benzene rings is 10. The van der Waals surface area contributed by atoms with Gasteiger partial charge in [0.05, 0.1) is 39.4 Å². The van der Waals surface area contributed by atoms with Crippen molar-refractivity contribution in [3.05, 3.63) is 301 Å². The number of unbranched alkanes of at least 4 members (excludes halogenated alkanes) is 2. The first kappa shape index (κ1) is 95.6. The van der Waals surface area contributed by atoms with Crippen LogP contribution >= 0.6 is 0 Å². The van der Waals surface area contributed by atoms with E-state index in [0.717, 1.165) is 210 Å². The Labute approximate surface area is 761 Å². The number of ether oxygens (including phenoxy) is 7. The number of para-hydroxylation sites is 5. The Hall–Kier alpha value is -11.5. The molecular formula is C111H135N5O12. The summed E-state index contributed by atoms with van der Waals surface area (Å²) < 4.78 is 40.9. The molecule has 0 spiro atoms. The van der Waals surface area contributed by atoms with Crippen molar-refractivity contribution in [1.29, 1.82) is 0 Å². The van der Waals surface area contributed by atoms with Gasteiger partial charge >= 0.3 is 0 Å². The molecule has 10 aromatic rings. The molecule has 16 rings (SSSR count). The summed E-state index contributed by atoms with van der Waals surface area (Å²) in [6, 6.07) is 94.3. The zero-order chi connectivity index (χ0) is 89.3. The number of nitrogens with zero attached hydrogens (tertiary/aromatic N) is 5. The normalized spacial score (nSPS) is 17.7. The second-order valence-electron chi connectivity index (χ2n) is 35.0. The van der Waals surface area contributed by atoms with E-state index in [2.05, 4.69) is 146 Å². The quantitative estimate of drug-likeness (QED) is 0.0334. The lowest BCUT2D eigenvalue weighted by Crippen LogP contribution is -2.54. The smallest absolute Gasteiger partial charge is 0.155 e. The summed E-state index contributed by atoms with van der Waals surface area (Å²) in [4.78, 5) is 67.0. The van der Waals surface area contributed by atoms with Crippen LogP contribution in [0.2, 0.25) is 0 Å². The Morgan fingerprint density at radius 3 is 0.914 bits per heavy atom. The van der Waals surface area contributed by atoms with Gasteiger partial charge in [0.15, 0.2) is 11.6 Å². The number of anilines is 5. The maximum absolute atomic E-state index is 11.4. The molecule has 0 amide bonds. The predicted molar refractivity (Wildman–Crippen MR) is 517 cm³/mol. The summed E-state index contributed by atoms with van der Waals surface area (Å²) in [5.74, 6) is 6.84. The first-order chi connectivity index (χ1) is 62.5. The minimum atomic E-state index is 0.0652. The van der Waals surface area contributed by atoms with Gasteiger partial charge in [-0.05, 0) is 273 Å². The van der Waals surface area contributed by atoms with E-state index in [1.54, 1.807) is 27.7 Å². The van der Waals surface area contributed by atoms with E-state index >= 15 is 0 Å². The van der Waals surface area contributed by atoms with Crippen molar-refractivity contribution < 1.29 is 57.1 Å². The first-order valence-electron chi connectivity index (χ1n) is 46.9. The lowest BCUT2D eigenvalue weighted by molar-refractivity contribution is -0.122. The van der Waals surface area contributed by atoms with E-state index < -0.39 is 0 Å². The van der Waals surface area contributed by atoms with E-state index in [0.29, 0.717) is 61.7 Å². The molecule has 0 aromatic heterocycles.